The Hall–Kier alpha value is -0.640. The molecule has 0 spiro atoms. The second kappa shape index (κ2) is 6.34. The van der Waals surface area contributed by atoms with E-state index in [0.29, 0.717) is 6.04 Å². The van der Waals surface area contributed by atoms with Gasteiger partial charge in [0.25, 0.3) is 0 Å². The quantitative estimate of drug-likeness (QED) is 0.809. The van der Waals surface area contributed by atoms with Crippen LogP contribution in [0.25, 0.3) is 0 Å². The molecule has 0 saturated heterocycles. The van der Waals surface area contributed by atoms with Crippen LogP contribution in [0.3, 0.4) is 0 Å². The average Bonchev–Trinajstić information content (AvgIpc) is 3.01. The molecule has 1 nitrogen and oxygen atoms in total. The molecule has 0 amide bonds. The maximum atomic E-state index is 3.70. The Morgan fingerprint density at radius 3 is 2.12 bits per heavy atom. The standard InChI is InChI=1S/C14H19NS2/c1-3-11(2)10-15-14(12-6-4-8-16-12)13-7-5-9-17-13/h4-9,11,14-15H,3,10H2,1-2H3. The fraction of sp³-hybridized carbons (Fsp3) is 0.429. The summed E-state index contributed by atoms with van der Waals surface area (Å²) in [6.07, 6.45) is 1.23. The Kier molecular flexibility index (Phi) is 4.77. The van der Waals surface area contributed by atoms with Gasteiger partial charge in [-0.05, 0) is 35.4 Å². The van der Waals surface area contributed by atoms with Crippen LogP contribution in [0.5, 0.6) is 0 Å². The van der Waals surface area contributed by atoms with E-state index in [9.17, 15) is 0 Å². The summed E-state index contributed by atoms with van der Waals surface area (Å²) in [5.74, 6) is 0.734. The van der Waals surface area contributed by atoms with E-state index in [-0.39, 0.29) is 0 Å². The molecule has 2 rings (SSSR count). The zero-order valence-electron chi connectivity index (χ0n) is 10.3. The molecule has 2 aromatic rings. The zero-order valence-corrected chi connectivity index (χ0v) is 12.0. The van der Waals surface area contributed by atoms with E-state index in [0.717, 1.165) is 12.5 Å². The van der Waals surface area contributed by atoms with E-state index in [1.165, 1.54) is 16.2 Å². The maximum Gasteiger partial charge on any atom is 0.0764 e. The van der Waals surface area contributed by atoms with E-state index in [1.54, 1.807) is 0 Å². The Balaban J connectivity index is 2.09. The molecule has 0 bridgehead atoms. The van der Waals surface area contributed by atoms with Crippen molar-refractivity contribution in [2.75, 3.05) is 6.54 Å². The molecule has 3 heteroatoms. The van der Waals surface area contributed by atoms with Crippen LogP contribution in [0.4, 0.5) is 0 Å². The summed E-state index contributed by atoms with van der Waals surface area (Å²) in [5, 5.41) is 8.00. The van der Waals surface area contributed by atoms with Gasteiger partial charge in [0.2, 0.25) is 0 Å². The van der Waals surface area contributed by atoms with Gasteiger partial charge in [0.05, 0.1) is 6.04 Å². The lowest BCUT2D eigenvalue weighted by molar-refractivity contribution is 0.478. The molecule has 0 aliphatic rings. The monoisotopic (exact) mass is 265 g/mol. The molecule has 1 unspecified atom stereocenters. The molecule has 0 saturated carbocycles. The van der Waals surface area contributed by atoms with Crippen LogP contribution in [-0.2, 0) is 0 Å². The average molecular weight is 265 g/mol. The van der Waals surface area contributed by atoms with Crippen molar-refractivity contribution in [3.63, 3.8) is 0 Å². The third kappa shape index (κ3) is 3.41. The van der Waals surface area contributed by atoms with Crippen molar-refractivity contribution < 1.29 is 0 Å². The van der Waals surface area contributed by atoms with Gasteiger partial charge in [-0.15, -0.1) is 22.7 Å². The summed E-state index contributed by atoms with van der Waals surface area (Å²) >= 11 is 3.67. The lowest BCUT2D eigenvalue weighted by atomic mass is 10.1. The summed E-state index contributed by atoms with van der Waals surface area (Å²) in [7, 11) is 0. The molecule has 0 aromatic carbocycles. The van der Waals surface area contributed by atoms with E-state index >= 15 is 0 Å². The topological polar surface area (TPSA) is 12.0 Å². The highest BCUT2D eigenvalue weighted by atomic mass is 32.1. The lowest BCUT2D eigenvalue weighted by Gasteiger charge is -2.18. The van der Waals surface area contributed by atoms with Crippen molar-refractivity contribution in [2.45, 2.75) is 26.3 Å². The molecule has 0 aliphatic heterocycles. The molecule has 0 radical (unpaired) electrons. The first-order valence-electron chi connectivity index (χ1n) is 6.11. The van der Waals surface area contributed by atoms with Gasteiger partial charge in [-0.2, -0.15) is 0 Å². The minimum Gasteiger partial charge on any atom is -0.305 e. The highest BCUT2D eigenvalue weighted by molar-refractivity contribution is 7.11. The van der Waals surface area contributed by atoms with Gasteiger partial charge in [0.1, 0.15) is 0 Å². The van der Waals surface area contributed by atoms with E-state index in [4.69, 9.17) is 0 Å². The highest BCUT2D eigenvalue weighted by Crippen LogP contribution is 2.29. The molecule has 1 N–H and O–H groups in total. The van der Waals surface area contributed by atoms with Crippen LogP contribution >= 0.6 is 22.7 Å². The summed E-state index contributed by atoms with van der Waals surface area (Å²) in [4.78, 5) is 2.83. The second-order valence-electron chi connectivity index (χ2n) is 4.39. The number of nitrogens with one attached hydrogen (secondary N) is 1. The van der Waals surface area contributed by atoms with E-state index in [2.05, 4.69) is 54.2 Å². The van der Waals surface area contributed by atoms with Gasteiger partial charge in [0.15, 0.2) is 0 Å². The van der Waals surface area contributed by atoms with Crippen molar-refractivity contribution in [3.05, 3.63) is 44.8 Å². The Labute approximate surface area is 112 Å². The number of thiophene rings is 2. The van der Waals surface area contributed by atoms with Gasteiger partial charge < -0.3 is 5.32 Å². The molecule has 0 fully saturated rings. The fourth-order valence-electron chi connectivity index (χ4n) is 1.72. The SMILES string of the molecule is CCC(C)CNC(c1cccs1)c1cccs1. The van der Waals surface area contributed by atoms with E-state index < -0.39 is 0 Å². The first kappa shape index (κ1) is 12.8. The summed E-state index contributed by atoms with van der Waals surface area (Å²) < 4.78 is 0. The van der Waals surface area contributed by atoms with Crippen LogP contribution in [0.15, 0.2) is 35.0 Å². The molecule has 92 valence electrons. The minimum atomic E-state index is 0.379. The second-order valence-corrected chi connectivity index (χ2v) is 6.34. The van der Waals surface area contributed by atoms with Crippen molar-refractivity contribution in [2.24, 2.45) is 5.92 Å². The van der Waals surface area contributed by atoms with Crippen LogP contribution in [-0.4, -0.2) is 6.54 Å². The maximum absolute atomic E-state index is 3.70. The first-order chi connectivity index (χ1) is 8.31. The third-order valence-electron chi connectivity index (χ3n) is 3.02. The van der Waals surface area contributed by atoms with Crippen LogP contribution in [0.1, 0.15) is 36.1 Å². The van der Waals surface area contributed by atoms with E-state index in [1.807, 2.05) is 22.7 Å². The van der Waals surface area contributed by atoms with Crippen LogP contribution < -0.4 is 5.32 Å². The van der Waals surface area contributed by atoms with Crippen molar-refractivity contribution in [1.82, 2.24) is 5.32 Å². The zero-order chi connectivity index (χ0) is 12.1. The third-order valence-corrected chi connectivity index (χ3v) is 4.90. The predicted molar refractivity (Wildman–Crippen MR) is 77.9 cm³/mol. The molecule has 1 atom stereocenters. The summed E-state index contributed by atoms with van der Waals surface area (Å²) in [6.45, 7) is 5.63. The molecule has 17 heavy (non-hydrogen) atoms. The predicted octanol–water partition coefficient (Wildman–Crippen LogP) is 4.53. The number of rotatable bonds is 6. The van der Waals surface area contributed by atoms with Gasteiger partial charge in [-0.25, -0.2) is 0 Å². The van der Waals surface area contributed by atoms with Gasteiger partial charge in [0, 0.05) is 9.75 Å². The number of hydrogen-bond acceptors (Lipinski definition) is 3. The molecule has 2 heterocycles. The first-order valence-corrected chi connectivity index (χ1v) is 7.87. The summed E-state index contributed by atoms with van der Waals surface area (Å²) in [5.41, 5.74) is 0. The fourth-order valence-corrected chi connectivity index (χ4v) is 3.43. The van der Waals surface area contributed by atoms with Gasteiger partial charge in [-0.1, -0.05) is 32.4 Å². The molecule has 0 aliphatic carbocycles. The Morgan fingerprint density at radius 1 is 1.12 bits per heavy atom. The molecular formula is C14H19NS2. The largest absolute Gasteiger partial charge is 0.305 e. The molecular weight excluding hydrogens is 246 g/mol. The van der Waals surface area contributed by atoms with Crippen LogP contribution in [0, 0.1) is 5.92 Å². The van der Waals surface area contributed by atoms with Crippen LogP contribution in [0.2, 0.25) is 0 Å². The van der Waals surface area contributed by atoms with Crippen molar-refractivity contribution >= 4 is 22.7 Å². The smallest absolute Gasteiger partial charge is 0.0764 e. The van der Waals surface area contributed by atoms with Crippen molar-refractivity contribution in [1.29, 1.82) is 0 Å². The van der Waals surface area contributed by atoms with Gasteiger partial charge >= 0.3 is 0 Å². The normalized spacial score (nSPS) is 13.1. The lowest BCUT2D eigenvalue weighted by Crippen LogP contribution is -2.25. The number of hydrogen-bond donors (Lipinski definition) is 1. The highest BCUT2D eigenvalue weighted by Gasteiger charge is 2.16. The summed E-state index contributed by atoms with van der Waals surface area (Å²) in [6, 6.07) is 9.08. The molecule has 2 aromatic heterocycles. The minimum absolute atomic E-state index is 0.379. The van der Waals surface area contributed by atoms with Crippen molar-refractivity contribution in [3.8, 4) is 0 Å². The van der Waals surface area contributed by atoms with Gasteiger partial charge in [-0.3, -0.25) is 0 Å². The Bertz CT molecular complexity index is 371. The Morgan fingerprint density at radius 2 is 1.71 bits per heavy atom.